The number of pyridine rings is 1. The summed E-state index contributed by atoms with van der Waals surface area (Å²) in [6.07, 6.45) is 1.88. The van der Waals surface area contributed by atoms with E-state index in [1.54, 1.807) is 0 Å². The van der Waals surface area contributed by atoms with Crippen LogP contribution in [-0.4, -0.2) is 53.1 Å². The molecular weight excluding hydrogens is 466 g/mol. The van der Waals surface area contributed by atoms with Crippen molar-refractivity contribution in [1.82, 2.24) is 19.9 Å². The summed E-state index contributed by atoms with van der Waals surface area (Å²) in [5, 5.41) is 4.30. The molecule has 0 atom stereocenters. The molecule has 2 aromatic heterocycles. The van der Waals surface area contributed by atoms with Gasteiger partial charge in [0.15, 0.2) is 0 Å². The first-order valence-electron chi connectivity index (χ1n) is 10.5. The van der Waals surface area contributed by atoms with Crippen LogP contribution < -0.4 is 16.0 Å². The Balaban J connectivity index is 1.52. The van der Waals surface area contributed by atoms with Gasteiger partial charge in [0, 0.05) is 47.9 Å². The Labute approximate surface area is 195 Å². The van der Waals surface area contributed by atoms with Crippen molar-refractivity contribution in [3.8, 4) is 11.1 Å². The second-order valence-electron chi connectivity index (χ2n) is 7.99. The molecule has 0 bridgehead atoms. The Bertz CT molecular complexity index is 1270. The van der Waals surface area contributed by atoms with Crippen molar-refractivity contribution in [3.05, 3.63) is 65.3 Å². The number of hydrogen-bond acceptors (Lipinski definition) is 7. The minimum absolute atomic E-state index is 0.240. The molecule has 3 heterocycles. The van der Waals surface area contributed by atoms with E-state index >= 15 is 0 Å². The first-order valence-corrected chi connectivity index (χ1v) is 11.3. The van der Waals surface area contributed by atoms with Crippen LogP contribution >= 0.6 is 15.9 Å². The zero-order valence-corrected chi connectivity index (χ0v) is 19.4. The second kappa shape index (κ2) is 8.72. The van der Waals surface area contributed by atoms with Crippen molar-refractivity contribution in [3.63, 3.8) is 0 Å². The molecule has 0 radical (unpaired) electrons. The second-order valence-corrected chi connectivity index (χ2v) is 8.91. The minimum Gasteiger partial charge on any atom is -0.368 e. The lowest BCUT2D eigenvalue weighted by Crippen LogP contribution is -2.44. The molecule has 32 heavy (non-hydrogen) atoms. The van der Waals surface area contributed by atoms with Crippen LogP contribution in [0, 0.1) is 0 Å². The third kappa shape index (κ3) is 4.37. The van der Waals surface area contributed by atoms with Crippen molar-refractivity contribution < 1.29 is 0 Å². The zero-order chi connectivity index (χ0) is 22.1. The van der Waals surface area contributed by atoms with Crippen LogP contribution in [-0.2, 0) is 0 Å². The highest BCUT2D eigenvalue weighted by Crippen LogP contribution is 2.31. The number of nitrogens with one attached hydrogen (secondary N) is 1. The largest absolute Gasteiger partial charge is 0.368 e. The van der Waals surface area contributed by atoms with E-state index in [4.69, 9.17) is 5.73 Å². The predicted octanol–water partition coefficient (Wildman–Crippen LogP) is 4.53. The fourth-order valence-corrected chi connectivity index (χ4v) is 4.33. The average molecular weight is 490 g/mol. The number of anilines is 4. The fraction of sp³-hybridized carbons (Fsp3) is 0.208. The third-order valence-corrected chi connectivity index (χ3v) is 6.20. The van der Waals surface area contributed by atoms with Gasteiger partial charge in [0.2, 0.25) is 5.95 Å². The van der Waals surface area contributed by atoms with Crippen LogP contribution in [0.5, 0.6) is 0 Å². The number of halogens is 1. The summed E-state index contributed by atoms with van der Waals surface area (Å²) in [6.45, 7) is 4.06. The number of nitrogens with zero attached hydrogens (tertiary/aromatic N) is 5. The Morgan fingerprint density at radius 1 is 0.938 bits per heavy atom. The fourth-order valence-electron chi connectivity index (χ4n) is 3.93. The molecule has 5 rings (SSSR count). The normalized spacial score (nSPS) is 14.6. The lowest BCUT2D eigenvalue weighted by Gasteiger charge is -2.33. The van der Waals surface area contributed by atoms with Crippen LogP contribution in [0.3, 0.4) is 0 Å². The molecule has 0 amide bonds. The molecule has 3 N–H and O–H groups in total. The first-order chi connectivity index (χ1) is 15.5. The molecule has 162 valence electrons. The van der Waals surface area contributed by atoms with E-state index in [1.165, 1.54) is 0 Å². The van der Waals surface area contributed by atoms with Crippen LogP contribution in [0.15, 0.2) is 65.3 Å². The van der Waals surface area contributed by atoms with Crippen LogP contribution in [0.4, 0.5) is 23.3 Å². The van der Waals surface area contributed by atoms with Gasteiger partial charge >= 0.3 is 0 Å². The van der Waals surface area contributed by atoms with Gasteiger partial charge in [-0.15, -0.1) is 0 Å². The molecule has 1 saturated heterocycles. The highest BCUT2D eigenvalue weighted by atomic mass is 79.9. The van der Waals surface area contributed by atoms with Gasteiger partial charge in [0.25, 0.3) is 0 Å². The standard InChI is InChI=1S/C24H24BrN7/c1-31-9-11-32(12-10-31)22-14-17(7-8-27-22)16-5-6-21-20(13-16)23(30-24(26)29-21)28-19-4-2-3-18(25)15-19/h2-8,13-15H,9-12H2,1H3,(H3,26,28,29,30). The van der Waals surface area contributed by atoms with Crippen LogP contribution in [0.1, 0.15) is 0 Å². The molecule has 0 unspecified atom stereocenters. The minimum atomic E-state index is 0.240. The molecule has 1 aliphatic rings. The third-order valence-electron chi connectivity index (χ3n) is 5.71. The number of nitrogen functional groups attached to an aromatic ring is 1. The Kier molecular flexibility index (Phi) is 5.63. The SMILES string of the molecule is CN1CCN(c2cc(-c3ccc4nc(N)nc(Nc5cccc(Br)c5)c4c3)ccn2)CC1. The number of aromatic nitrogens is 3. The molecular formula is C24H24BrN7. The summed E-state index contributed by atoms with van der Waals surface area (Å²) in [4.78, 5) is 18.2. The maximum Gasteiger partial charge on any atom is 0.222 e. The molecule has 4 aromatic rings. The van der Waals surface area contributed by atoms with Gasteiger partial charge in [0.05, 0.1) is 5.52 Å². The Hall–Kier alpha value is -3.23. The summed E-state index contributed by atoms with van der Waals surface area (Å²) in [5.41, 5.74) is 9.90. The quantitative estimate of drug-likeness (QED) is 0.435. The van der Waals surface area contributed by atoms with Gasteiger partial charge in [-0.05, 0) is 60.6 Å². The number of benzene rings is 2. The van der Waals surface area contributed by atoms with E-state index in [-0.39, 0.29) is 5.95 Å². The molecule has 1 aliphatic heterocycles. The first kappa shape index (κ1) is 20.7. The number of hydrogen-bond donors (Lipinski definition) is 2. The van der Waals surface area contributed by atoms with Crippen molar-refractivity contribution in [2.24, 2.45) is 0 Å². The van der Waals surface area contributed by atoms with E-state index < -0.39 is 0 Å². The summed E-state index contributed by atoms with van der Waals surface area (Å²) in [7, 11) is 2.16. The maximum absolute atomic E-state index is 5.98. The molecule has 1 fully saturated rings. The van der Waals surface area contributed by atoms with Gasteiger partial charge in [0.1, 0.15) is 11.6 Å². The van der Waals surface area contributed by atoms with Crippen LogP contribution in [0.25, 0.3) is 22.0 Å². The smallest absolute Gasteiger partial charge is 0.222 e. The topological polar surface area (TPSA) is 83.2 Å². The number of piperazine rings is 1. The van der Waals surface area contributed by atoms with E-state index in [9.17, 15) is 0 Å². The number of nitrogens with two attached hydrogens (primary N) is 1. The lowest BCUT2D eigenvalue weighted by atomic mass is 10.0. The molecule has 7 nitrogen and oxygen atoms in total. The molecule has 2 aromatic carbocycles. The zero-order valence-electron chi connectivity index (χ0n) is 17.8. The Morgan fingerprint density at radius 3 is 2.56 bits per heavy atom. The molecule has 0 aliphatic carbocycles. The molecule has 0 saturated carbocycles. The van der Waals surface area contributed by atoms with Gasteiger partial charge in [-0.1, -0.05) is 28.1 Å². The van der Waals surface area contributed by atoms with E-state index in [1.807, 2.05) is 42.6 Å². The summed E-state index contributed by atoms with van der Waals surface area (Å²) in [6, 6.07) is 18.3. The summed E-state index contributed by atoms with van der Waals surface area (Å²) >= 11 is 3.51. The van der Waals surface area contributed by atoms with Gasteiger partial charge < -0.3 is 20.9 Å². The van der Waals surface area contributed by atoms with Gasteiger partial charge in [-0.3, -0.25) is 0 Å². The predicted molar refractivity (Wildman–Crippen MR) is 134 cm³/mol. The van der Waals surface area contributed by atoms with Gasteiger partial charge in [-0.25, -0.2) is 9.97 Å². The molecule has 0 spiro atoms. The number of likely N-dealkylation sites (N-methyl/N-ethyl adjacent to an activating group) is 1. The van der Waals surface area contributed by atoms with E-state index in [0.29, 0.717) is 5.82 Å². The van der Waals surface area contributed by atoms with Gasteiger partial charge in [-0.2, -0.15) is 4.98 Å². The highest BCUT2D eigenvalue weighted by molar-refractivity contribution is 9.10. The van der Waals surface area contributed by atoms with E-state index in [2.05, 4.69) is 71.2 Å². The summed E-state index contributed by atoms with van der Waals surface area (Å²) < 4.78 is 0.989. The lowest BCUT2D eigenvalue weighted by molar-refractivity contribution is 0.312. The molecule has 8 heteroatoms. The summed E-state index contributed by atoms with van der Waals surface area (Å²) in [5.74, 6) is 1.93. The Morgan fingerprint density at radius 2 is 1.75 bits per heavy atom. The maximum atomic E-state index is 5.98. The van der Waals surface area contributed by atoms with Crippen LogP contribution in [0.2, 0.25) is 0 Å². The van der Waals surface area contributed by atoms with Crippen molar-refractivity contribution >= 4 is 50.1 Å². The van der Waals surface area contributed by atoms with Crippen molar-refractivity contribution in [2.45, 2.75) is 0 Å². The van der Waals surface area contributed by atoms with Crippen molar-refractivity contribution in [2.75, 3.05) is 49.2 Å². The number of rotatable bonds is 4. The highest BCUT2D eigenvalue weighted by Gasteiger charge is 2.16. The number of fused-ring (bicyclic) bond motifs is 1. The average Bonchev–Trinajstić information content (AvgIpc) is 2.79. The monoisotopic (exact) mass is 489 g/mol. The van der Waals surface area contributed by atoms with Crippen molar-refractivity contribution in [1.29, 1.82) is 0 Å². The van der Waals surface area contributed by atoms with E-state index in [0.717, 1.165) is 64.2 Å².